The lowest BCUT2D eigenvalue weighted by molar-refractivity contribution is -0.115. The van der Waals surface area contributed by atoms with Gasteiger partial charge in [0, 0.05) is 9.50 Å². The molecule has 2 nitrogen and oxygen atoms in total. The van der Waals surface area contributed by atoms with Crippen LogP contribution < -0.4 is 5.32 Å². The number of nitrogens with one attached hydrogen (secondary N) is 1. The first-order valence-electron chi connectivity index (χ1n) is 5.85. The highest BCUT2D eigenvalue weighted by Gasteiger charge is 2.08. The van der Waals surface area contributed by atoms with E-state index in [-0.39, 0.29) is 5.91 Å². The minimum absolute atomic E-state index is 0.0581. The Hall–Kier alpha value is -1.32. The highest BCUT2D eigenvalue weighted by atomic mass is 79.9. The maximum absolute atomic E-state index is 12.0. The van der Waals surface area contributed by atoms with Crippen LogP contribution in [0.3, 0.4) is 0 Å². The smallest absolute Gasteiger partial charge is 0.228 e. The van der Waals surface area contributed by atoms with E-state index in [0.29, 0.717) is 17.1 Å². The van der Waals surface area contributed by atoms with Gasteiger partial charge in [0.1, 0.15) is 0 Å². The molecule has 0 aliphatic heterocycles. The molecule has 4 heteroatoms. The lowest BCUT2D eigenvalue weighted by Gasteiger charge is -2.09. The average Bonchev–Trinajstić information content (AvgIpc) is 2.37. The Morgan fingerprint density at radius 1 is 1.26 bits per heavy atom. The Labute approximate surface area is 125 Å². The summed E-state index contributed by atoms with van der Waals surface area (Å²) < 4.78 is 0.815. The topological polar surface area (TPSA) is 29.1 Å². The average molecular weight is 339 g/mol. The summed E-state index contributed by atoms with van der Waals surface area (Å²) in [4.78, 5) is 12.0. The van der Waals surface area contributed by atoms with E-state index in [9.17, 15) is 4.79 Å². The molecule has 0 unspecified atom stereocenters. The van der Waals surface area contributed by atoms with Crippen molar-refractivity contribution >= 4 is 39.1 Å². The Morgan fingerprint density at radius 2 is 2.00 bits per heavy atom. The van der Waals surface area contributed by atoms with Crippen LogP contribution in [-0.2, 0) is 11.2 Å². The van der Waals surface area contributed by atoms with Gasteiger partial charge in [-0.3, -0.25) is 4.79 Å². The van der Waals surface area contributed by atoms with Gasteiger partial charge < -0.3 is 5.32 Å². The third-order valence-corrected chi connectivity index (χ3v) is 3.74. The summed E-state index contributed by atoms with van der Waals surface area (Å²) in [7, 11) is 0. The molecule has 0 radical (unpaired) electrons. The second-order valence-corrected chi connectivity index (χ2v) is 5.57. The van der Waals surface area contributed by atoms with Crippen molar-refractivity contribution in [3.8, 4) is 0 Å². The van der Waals surface area contributed by atoms with Crippen molar-refractivity contribution in [2.45, 2.75) is 13.3 Å². The van der Waals surface area contributed by atoms with Gasteiger partial charge in [-0.15, -0.1) is 0 Å². The largest absolute Gasteiger partial charge is 0.325 e. The van der Waals surface area contributed by atoms with Gasteiger partial charge in [-0.05, 0) is 52.2 Å². The van der Waals surface area contributed by atoms with Crippen molar-refractivity contribution in [2.75, 3.05) is 5.32 Å². The highest BCUT2D eigenvalue weighted by Crippen LogP contribution is 2.26. The Balaban J connectivity index is 2.10. The second-order valence-electron chi connectivity index (χ2n) is 4.28. The molecule has 0 spiro atoms. The minimum Gasteiger partial charge on any atom is -0.325 e. The molecule has 2 rings (SSSR count). The third kappa shape index (κ3) is 3.82. The molecule has 98 valence electrons. The maximum atomic E-state index is 12.0. The number of carbonyl (C=O) groups is 1. The highest BCUT2D eigenvalue weighted by molar-refractivity contribution is 9.10. The normalized spacial score (nSPS) is 10.3. The zero-order valence-corrected chi connectivity index (χ0v) is 12.8. The number of carbonyl (C=O) groups excluding carboxylic acids is 1. The quantitative estimate of drug-likeness (QED) is 0.871. The van der Waals surface area contributed by atoms with E-state index in [2.05, 4.69) is 21.2 Å². The molecule has 0 aromatic heterocycles. The molecule has 2 aromatic carbocycles. The van der Waals surface area contributed by atoms with Crippen LogP contribution in [0.15, 0.2) is 46.9 Å². The van der Waals surface area contributed by atoms with Crippen LogP contribution in [0.2, 0.25) is 5.02 Å². The number of hydrogen-bond acceptors (Lipinski definition) is 1. The van der Waals surface area contributed by atoms with Gasteiger partial charge in [0.15, 0.2) is 0 Å². The molecule has 0 bridgehead atoms. The van der Waals surface area contributed by atoms with E-state index in [1.807, 2.05) is 37.3 Å². The maximum Gasteiger partial charge on any atom is 0.228 e. The molecule has 0 saturated heterocycles. The van der Waals surface area contributed by atoms with E-state index in [4.69, 9.17) is 11.6 Å². The molecule has 19 heavy (non-hydrogen) atoms. The zero-order valence-electron chi connectivity index (χ0n) is 10.4. The van der Waals surface area contributed by atoms with Gasteiger partial charge >= 0.3 is 0 Å². The molecule has 0 aliphatic rings. The molecular formula is C15H13BrClNO. The fourth-order valence-corrected chi connectivity index (χ4v) is 2.29. The van der Waals surface area contributed by atoms with E-state index in [1.165, 1.54) is 0 Å². The molecule has 1 N–H and O–H groups in total. The predicted octanol–water partition coefficient (Wildman–Crippen LogP) is 4.59. The Bertz CT molecular complexity index is 613. The number of amides is 1. The zero-order chi connectivity index (χ0) is 13.8. The number of hydrogen-bond donors (Lipinski definition) is 1. The number of rotatable bonds is 3. The van der Waals surface area contributed by atoms with Gasteiger partial charge in [-0.1, -0.05) is 35.9 Å². The monoisotopic (exact) mass is 337 g/mol. The summed E-state index contributed by atoms with van der Waals surface area (Å²) in [5.41, 5.74) is 2.83. The van der Waals surface area contributed by atoms with Crippen LogP contribution in [0.25, 0.3) is 0 Å². The van der Waals surface area contributed by atoms with Gasteiger partial charge in [-0.2, -0.15) is 0 Å². The summed E-state index contributed by atoms with van der Waals surface area (Å²) in [6.07, 6.45) is 0.353. The van der Waals surface area contributed by atoms with Gasteiger partial charge in [0.05, 0.1) is 12.1 Å². The van der Waals surface area contributed by atoms with Gasteiger partial charge in [0.2, 0.25) is 5.91 Å². The van der Waals surface area contributed by atoms with Crippen molar-refractivity contribution in [1.82, 2.24) is 0 Å². The first-order valence-corrected chi connectivity index (χ1v) is 7.03. The molecule has 1 amide bonds. The molecule has 0 saturated carbocycles. The molecule has 0 fully saturated rings. The van der Waals surface area contributed by atoms with E-state index in [1.54, 1.807) is 12.1 Å². The lowest BCUT2D eigenvalue weighted by atomic mass is 10.1. The molecule has 0 heterocycles. The summed E-state index contributed by atoms with van der Waals surface area (Å²) in [5.74, 6) is -0.0581. The second kappa shape index (κ2) is 6.22. The summed E-state index contributed by atoms with van der Waals surface area (Å²) in [6.45, 7) is 2.00. The van der Waals surface area contributed by atoms with E-state index >= 15 is 0 Å². The number of halogens is 2. The van der Waals surface area contributed by atoms with Crippen LogP contribution in [0.5, 0.6) is 0 Å². The third-order valence-electron chi connectivity index (χ3n) is 2.81. The standard InChI is InChI=1S/C15H13BrClNO/c1-10-4-2-3-5-11(10)8-15(19)18-14-9-12(17)6-7-13(14)16/h2-7,9H,8H2,1H3,(H,18,19). The molecule has 2 aromatic rings. The van der Waals surface area contributed by atoms with E-state index in [0.717, 1.165) is 15.6 Å². The molecular weight excluding hydrogens is 326 g/mol. The van der Waals surface area contributed by atoms with Gasteiger partial charge in [-0.25, -0.2) is 0 Å². The SMILES string of the molecule is Cc1ccccc1CC(=O)Nc1cc(Cl)ccc1Br. The van der Waals surface area contributed by atoms with Gasteiger partial charge in [0.25, 0.3) is 0 Å². The van der Waals surface area contributed by atoms with Crippen LogP contribution >= 0.6 is 27.5 Å². The Morgan fingerprint density at radius 3 is 2.74 bits per heavy atom. The molecule has 0 atom stereocenters. The lowest BCUT2D eigenvalue weighted by Crippen LogP contribution is -2.15. The van der Waals surface area contributed by atoms with Crippen molar-refractivity contribution in [3.63, 3.8) is 0 Å². The summed E-state index contributed by atoms with van der Waals surface area (Å²) in [5, 5.41) is 3.45. The van der Waals surface area contributed by atoms with Crippen LogP contribution in [-0.4, -0.2) is 5.91 Å². The number of benzene rings is 2. The van der Waals surface area contributed by atoms with Crippen molar-refractivity contribution in [3.05, 3.63) is 63.1 Å². The fraction of sp³-hybridized carbons (Fsp3) is 0.133. The Kier molecular flexibility index (Phi) is 4.61. The number of aryl methyl sites for hydroxylation is 1. The van der Waals surface area contributed by atoms with Crippen LogP contribution in [0.1, 0.15) is 11.1 Å². The number of anilines is 1. The van der Waals surface area contributed by atoms with E-state index < -0.39 is 0 Å². The van der Waals surface area contributed by atoms with Crippen molar-refractivity contribution in [1.29, 1.82) is 0 Å². The first-order chi connectivity index (χ1) is 9.06. The van der Waals surface area contributed by atoms with Crippen LogP contribution in [0, 0.1) is 6.92 Å². The predicted molar refractivity (Wildman–Crippen MR) is 82.7 cm³/mol. The minimum atomic E-state index is -0.0581. The molecule has 0 aliphatic carbocycles. The summed E-state index contributed by atoms with van der Waals surface area (Å²) >= 11 is 9.30. The van der Waals surface area contributed by atoms with Crippen LogP contribution in [0.4, 0.5) is 5.69 Å². The summed E-state index contributed by atoms with van der Waals surface area (Å²) in [6, 6.07) is 13.2. The van der Waals surface area contributed by atoms with Crippen molar-refractivity contribution in [2.24, 2.45) is 0 Å². The van der Waals surface area contributed by atoms with Crippen molar-refractivity contribution < 1.29 is 4.79 Å². The first kappa shape index (κ1) is 14.1. The fourth-order valence-electron chi connectivity index (χ4n) is 1.77.